The molecule has 0 saturated heterocycles. The topological polar surface area (TPSA) is 85.1 Å². The molecule has 6 rings (SSSR count). The fourth-order valence-corrected chi connectivity index (χ4v) is 5.69. The van der Waals surface area contributed by atoms with E-state index in [1.165, 1.54) is 31.3 Å². The molecule has 0 spiro atoms. The molecule has 2 aromatic heterocycles. The van der Waals surface area contributed by atoms with Crippen molar-refractivity contribution in [3.05, 3.63) is 106 Å². The quantitative estimate of drug-likeness (QED) is 0.208. The number of halogens is 2. The van der Waals surface area contributed by atoms with E-state index in [0.717, 1.165) is 29.7 Å². The van der Waals surface area contributed by atoms with Crippen LogP contribution in [-0.4, -0.2) is 28.7 Å². The van der Waals surface area contributed by atoms with E-state index in [0.29, 0.717) is 22.5 Å². The van der Waals surface area contributed by atoms with E-state index < -0.39 is 17.5 Å². The largest absolute Gasteiger partial charge is 0.455 e. The third-order valence-corrected chi connectivity index (χ3v) is 8.14. The Balaban J connectivity index is 1.44. The number of hydrogen-bond donors (Lipinski definition) is 1. The predicted octanol–water partition coefficient (Wildman–Crippen LogP) is 7.42. The molecule has 0 bridgehead atoms. The third-order valence-electron chi connectivity index (χ3n) is 8.14. The molecule has 212 valence electrons. The van der Waals surface area contributed by atoms with Gasteiger partial charge in [0.15, 0.2) is 5.78 Å². The predicted molar refractivity (Wildman–Crippen MR) is 156 cm³/mol. The van der Waals surface area contributed by atoms with Gasteiger partial charge in [0.25, 0.3) is 5.91 Å². The van der Waals surface area contributed by atoms with E-state index in [9.17, 15) is 14.0 Å². The second-order valence-corrected chi connectivity index (χ2v) is 11.1. The fourth-order valence-electron chi connectivity index (χ4n) is 5.69. The van der Waals surface area contributed by atoms with Crippen LogP contribution in [0, 0.1) is 32.4 Å². The smallest absolute Gasteiger partial charge is 0.255 e. The number of carbonyl (C=O) groups excluding carboxylic acids is 2. The van der Waals surface area contributed by atoms with Gasteiger partial charge < -0.3 is 9.73 Å². The molecule has 1 fully saturated rings. The average Bonchev–Trinajstić information content (AvgIpc) is 3.64. The lowest BCUT2D eigenvalue weighted by Crippen LogP contribution is -2.18. The highest BCUT2D eigenvalue weighted by atomic mass is 19.1. The summed E-state index contributed by atoms with van der Waals surface area (Å²) in [6.07, 6.45) is 3.67. The van der Waals surface area contributed by atoms with Crippen molar-refractivity contribution in [2.45, 2.75) is 45.4 Å². The lowest BCUT2D eigenvalue weighted by molar-refractivity contribution is 0.0957. The summed E-state index contributed by atoms with van der Waals surface area (Å²) in [6, 6.07) is 14.1. The molecule has 0 radical (unpaired) electrons. The molecule has 6 nitrogen and oxygen atoms in total. The van der Waals surface area contributed by atoms with E-state index in [1.807, 2.05) is 32.9 Å². The van der Waals surface area contributed by atoms with Crippen LogP contribution < -0.4 is 5.32 Å². The lowest BCUT2D eigenvalue weighted by Gasteiger charge is -2.16. The summed E-state index contributed by atoms with van der Waals surface area (Å²) in [5.74, 6) is -0.829. The van der Waals surface area contributed by atoms with Gasteiger partial charge in [0.1, 0.15) is 28.8 Å². The number of furan rings is 1. The van der Waals surface area contributed by atoms with E-state index in [4.69, 9.17) is 4.42 Å². The standard InChI is InChI=1S/C34H29F2N3O3/c1-18-15-19(2)25(26(40)17-34(12-13-34)33-38-14-11-20(3)39-33)16-24(18)23-9-10-27-28(30(23)36)29(32(41)37-4)31(42-27)21-5-7-22(35)8-6-21/h5-11,14-16H,12-13,17H2,1-4H3,(H,37,41). The van der Waals surface area contributed by atoms with Gasteiger partial charge in [-0.25, -0.2) is 18.7 Å². The van der Waals surface area contributed by atoms with Crippen LogP contribution in [0.1, 0.15) is 62.6 Å². The number of aromatic nitrogens is 2. The number of benzene rings is 3. The first-order valence-corrected chi connectivity index (χ1v) is 13.8. The summed E-state index contributed by atoms with van der Waals surface area (Å²) in [5.41, 5.74) is 4.03. The van der Waals surface area contributed by atoms with E-state index in [-0.39, 0.29) is 45.5 Å². The number of carbonyl (C=O) groups is 2. The molecule has 3 aromatic carbocycles. The molecule has 2 heterocycles. The van der Waals surface area contributed by atoms with Crippen molar-refractivity contribution in [2.75, 3.05) is 7.05 Å². The highest BCUT2D eigenvalue weighted by Gasteiger charge is 2.48. The van der Waals surface area contributed by atoms with Crippen molar-refractivity contribution in [1.82, 2.24) is 15.3 Å². The average molecular weight is 566 g/mol. The molecule has 1 saturated carbocycles. The van der Waals surface area contributed by atoms with Gasteiger partial charge in [-0.1, -0.05) is 6.07 Å². The second kappa shape index (κ2) is 10.3. The SMILES string of the molecule is CNC(=O)c1c(-c2ccc(F)cc2)oc2ccc(-c3cc(C(=O)CC4(c5nccc(C)n5)CC4)c(C)cc3C)c(F)c12. The van der Waals surface area contributed by atoms with Crippen molar-refractivity contribution in [3.63, 3.8) is 0 Å². The Hall–Kier alpha value is -4.72. The first-order valence-electron chi connectivity index (χ1n) is 13.8. The molecule has 0 unspecified atom stereocenters. The number of hydrogen-bond acceptors (Lipinski definition) is 5. The van der Waals surface area contributed by atoms with Gasteiger partial charge in [-0.2, -0.15) is 0 Å². The van der Waals surface area contributed by atoms with Crippen molar-refractivity contribution >= 4 is 22.7 Å². The second-order valence-electron chi connectivity index (χ2n) is 11.1. The van der Waals surface area contributed by atoms with Crippen LogP contribution in [0.2, 0.25) is 0 Å². The van der Waals surface area contributed by atoms with Gasteiger partial charge in [0, 0.05) is 47.5 Å². The monoisotopic (exact) mass is 565 g/mol. The third kappa shape index (κ3) is 4.66. The maximum absolute atomic E-state index is 16.5. The Morgan fingerprint density at radius 1 is 0.952 bits per heavy atom. The van der Waals surface area contributed by atoms with Gasteiger partial charge in [0.2, 0.25) is 0 Å². The van der Waals surface area contributed by atoms with Gasteiger partial charge >= 0.3 is 0 Å². The molecular weight excluding hydrogens is 536 g/mol. The molecule has 1 amide bonds. The van der Waals surface area contributed by atoms with Crippen molar-refractivity contribution in [3.8, 4) is 22.5 Å². The van der Waals surface area contributed by atoms with Crippen molar-refractivity contribution in [1.29, 1.82) is 0 Å². The zero-order valence-electron chi connectivity index (χ0n) is 23.8. The number of aryl methyl sites for hydroxylation is 3. The first-order chi connectivity index (χ1) is 20.1. The summed E-state index contributed by atoms with van der Waals surface area (Å²) in [7, 11) is 1.45. The molecule has 1 aliphatic rings. The molecule has 42 heavy (non-hydrogen) atoms. The minimum Gasteiger partial charge on any atom is -0.455 e. The van der Waals surface area contributed by atoms with Gasteiger partial charge in [-0.3, -0.25) is 9.59 Å². The van der Waals surface area contributed by atoms with Crippen LogP contribution in [0.25, 0.3) is 33.4 Å². The van der Waals surface area contributed by atoms with Gasteiger partial charge in [-0.05, 0) is 98.8 Å². The van der Waals surface area contributed by atoms with Gasteiger partial charge in [0.05, 0.1) is 10.9 Å². The van der Waals surface area contributed by atoms with Crippen LogP contribution in [-0.2, 0) is 5.41 Å². The molecule has 5 aromatic rings. The van der Waals surface area contributed by atoms with Crippen LogP contribution in [0.3, 0.4) is 0 Å². The number of ketones is 1. The number of amides is 1. The maximum Gasteiger partial charge on any atom is 0.255 e. The minimum atomic E-state index is -0.639. The lowest BCUT2D eigenvalue weighted by atomic mass is 9.88. The minimum absolute atomic E-state index is 0.0209. The Morgan fingerprint density at radius 2 is 1.69 bits per heavy atom. The van der Waals surface area contributed by atoms with Crippen LogP contribution in [0.4, 0.5) is 8.78 Å². The van der Waals surface area contributed by atoms with Crippen LogP contribution >= 0.6 is 0 Å². The Morgan fingerprint density at radius 3 is 2.36 bits per heavy atom. The highest BCUT2D eigenvalue weighted by Crippen LogP contribution is 2.50. The summed E-state index contributed by atoms with van der Waals surface area (Å²) < 4.78 is 36.0. The molecule has 1 aliphatic carbocycles. The zero-order valence-corrected chi connectivity index (χ0v) is 23.8. The summed E-state index contributed by atoms with van der Waals surface area (Å²) in [4.78, 5) is 35.7. The number of fused-ring (bicyclic) bond motifs is 1. The van der Waals surface area contributed by atoms with E-state index in [1.54, 1.807) is 24.4 Å². The molecule has 0 atom stereocenters. The normalized spacial score (nSPS) is 13.8. The maximum atomic E-state index is 16.5. The number of rotatable bonds is 7. The molecular formula is C34H29F2N3O3. The van der Waals surface area contributed by atoms with E-state index >= 15 is 4.39 Å². The van der Waals surface area contributed by atoms with Crippen LogP contribution in [0.5, 0.6) is 0 Å². The number of nitrogens with one attached hydrogen (secondary N) is 1. The summed E-state index contributed by atoms with van der Waals surface area (Å²) in [6.45, 7) is 5.65. The zero-order chi connectivity index (χ0) is 29.8. The number of Topliss-reactive ketones (excluding diaryl/α,β-unsaturated/α-hetero) is 1. The number of nitrogens with zero attached hydrogens (tertiary/aromatic N) is 2. The van der Waals surface area contributed by atoms with Gasteiger partial charge in [-0.15, -0.1) is 0 Å². The first kappa shape index (κ1) is 27.4. The summed E-state index contributed by atoms with van der Waals surface area (Å²) in [5, 5.41) is 2.58. The fraction of sp³-hybridized carbons (Fsp3) is 0.235. The Bertz CT molecular complexity index is 1890. The Labute approximate surface area is 241 Å². The molecule has 1 N–H and O–H groups in total. The van der Waals surface area contributed by atoms with E-state index in [2.05, 4.69) is 15.3 Å². The van der Waals surface area contributed by atoms with Crippen molar-refractivity contribution in [2.24, 2.45) is 0 Å². The molecule has 0 aliphatic heterocycles. The molecule has 8 heteroatoms. The Kier molecular flexibility index (Phi) is 6.72. The van der Waals surface area contributed by atoms with Crippen LogP contribution in [0.15, 0.2) is 65.2 Å². The summed E-state index contributed by atoms with van der Waals surface area (Å²) >= 11 is 0. The highest BCUT2D eigenvalue weighted by molar-refractivity contribution is 6.12. The van der Waals surface area contributed by atoms with Crippen molar-refractivity contribution < 1.29 is 22.8 Å².